The molecule has 0 heterocycles. The van der Waals surface area contributed by atoms with Crippen molar-refractivity contribution in [3.63, 3.8) is 0 Å². The second-order valence-electron chi connectivity index (χ2n) is 7.09. The number of aryl methyl sites for hydroxylation is 2. The lowest BCUT2D eigenvalue weighted by Gasteiger charge is -2.09. The van der Waals surface area contributed by atoms with E-state index in [1.807, 2.05) is 39.0 Å². The molecule has 0 aliphatic rings. The van der Waals surface area contributed by atoms with Crippen molar-refractivity contribution in [3.8, 4) is 5.75 Å². The normalized spacial score (nSPS) is 10.5. The Hall–Kier alpha value is -3.68. The number of nitrogens with one attached hydrogen (secondary N) is 3. The van der Waals surface area contributed by atoms with Crippen molar-refractivity contribution in [3.05, 3.63) is 59.2 Å². The Bertz CT molecular complexity index is 919. The van der Waals surface area contributed by atoms with Crippen LogP contribution in [0.25, 0.3) is 0 Å². The van der Waals surface area contributed by atoms with Crippen molar-refractivity contribution < 1.29 is 19.1 Å². The Kier molecular flexibility index (Phi) is 9.22. The Balaban J connectivity index is 1.77. The molecule has 8 nitrogen and oxygen atoms in total. The third kappa shape index (κ3) is 8.69. The molecule has 8 heteroatoms. The number of carbonyl (C=O) groups is 3. The van der Waals surface area contributed by atoms with E-state index in [0.29, 0.717) is 17.9 Å². The molecule has 3 amide bonds. The summed E-state index contributed by atoms with van der Waals surface area (Å²) in [6.45, 7) is 6.27. The zero-order valence-corrected chi connectivity index (χ0v) is 18.0. The van der Waals surface area contributed by atoms with Crippen LogP contribution in [-0.2, 0) is 14.4 Å². The molecule has 0 radical (unpaired) electrons. The number of benzene rings is 2. The van der Waals surface area contributed by atoms with Crippen LogP contribution in [0.15, 0.2) is 47.6 Å². The number of rotatable bonds is 9. The third-order valence-corrected chi connectivity index (χ3v) is 4.16. The second-order valence-corrected chi connectivity index (χ2v) is 7.09. The lowest BCUT2D eigenvalue weighted by atomic mass is 10.1. The van der Waals surface area contributed by atoms with Gasteiger partial charge in [-0.1, -0.05) is 19.4 Å². The minimum absolute atomic E-state index is 0.121. The summed E-state index contributed by atoms with van der Waals surface area (Å²) in [4.78, 5) is 35.2. The molecule has 2 aromatic carbocycles. The number of nitrogens with zero attached hydrogens (tertiary/aromatic N) is 1. The first-order valence-electron chi connectivity index (χ1n) is 10.1. The van der Waals surface area contributed by atoms with E-state index in [0.717, 1.165) is 29.7 Å². The lowest BCUT2D eigenvalue weighted by molar-refractivity contribution is -0.139. The van der Waals surface area contributed by atoms with Crippen molar-refractivity contribution >= 4 is 29.6 Å². The van der Waals surface area contributed by atoms with E-state index in [-0.39, 0.29) is 12.5 Å². The highest BCUT2D eigenvalue weighted by molar-refractivity contribution is 6.35. The monoisotopic (exact) mass is 424 g/mol. The smallest absolute Gasteiger partial charge is 0.329 e. The zero-order chi connectivity index (χ0) is 22.6. The summed E-state index contributed by atoms with van der Waals surface area (Å²) in [6.07, 6.45) is 3.15. The molecule has 0 bridgehead atoms. The Morgan fingerprint density at radius 2 is 1.68 bits per heavy atom. The highest BCUT2D eigenvalue weighted by Gasteiger charge is 2.11. The lowest BCUT2D eigenvalue weighted by Crippen LogP contribution is -2.38. The number of carbonyl (C=O) groups excluding carboxylic acids is 3. The summed E-state index contributed by atoms with van der Waals surface area (Å²) in [7, 11) is 0. The molecular weight excluding hydrogens is 396 g/mol. The van der Waals surface area contributed by atoms with Gasteiger partial charge in [0.2, 0.25) is 0 Å². The van der Waals surface area contributed by atoms with Gasteiger partial charge in [0.25, 0.3) is 5.91 Å². The summed E-state index contributed by atoms with van der Waals surface area (Å²) >= 11 is 0. The molecule has 0 fully saturated rings. The Morgan fingerprint density at radius 3 is 2.32 bits per heavy atom. The first-order valence-corrected chi connectivity index (χ1v) is 10.1. The van der Waals surface area contributed by atoms with Gasteiger partial charge < -0.3 is 15.4 Å². The molecule has 0 saturated heterocycles. The van der Waals surface area contributed by atoms with E-state index in [9.17, 15) is 14.4 Å². The first-order chi connectivity index (χ1) is 14.9. The summed E-state index contributed by atoms with van der Waals surface area (Å²) in [5.41, 5.74) is 5.75. The summed E-state index contributed by atoms with van der Waals surface area (Å²) in [5, 5.41) is 9.09. The molecule has 0 atom stereocenters. The number of hydrogen-bond acceptors (Lipinski definition) is 5. The van der Waals surface area contributed by atoms with E-state index in [2.05, 4.69) is 21.2 Å². The number of hydrogen-bond donors (Lipinski definition) is 3. The quantitative estimate of drug-likeness (QED) is 0.249. The van der Waals surface area contributed by atoms with Gasteiger partial charge in [-0.3, -0.25) is 14.4 Å². The van der Waals surface area contributed by atoms with E-state index in [4.69, 9.17) is 4.74 Å². The summed E-state index contributed by atoms with van der Waals surface area (Å²) in [5.74, 6) is -1.27. The van der Waals surface area contributed by atoms with Gasteiger partial charge in [-0.05, 0) is 73.4 Å². The fourth-order valence-corrected chi connectivity index (χ4v) is 2.72. The van der Waals surface area contributed by atoms with E-state index in [1.54, 1.807) is 24.3 Å². The van der Waals surface area contributed by atoms with Crippen LogP contribution in [0, 0.1) is 13.8 Å². The fraction of sp³-hybridized carbons (Fsp3) is 0.304. The largest absolute Gasteiger partial charge is 0.484 e. The highest BCUT2D eigenvalue weighted by atomic mass is 16.5. The highest BCUT2D eigenvalue weighted by Crippen LogP contribution is 2.14. The van der Waals surface area contributed by atoms with Crippen LogP contribution in [0.5, 0.6) is 5.75 Å². The van der Waals surface area contributed by atoms with Crippen molar-refractivity contribution in [2.24, 2.45) is 5.10 Å². The van der Waals surface area contributed by atoms with Gasteiger partial charge >= 0.3 is 11.8 Å². The maximum atomic E-state index is 12.1. The van der Waals surface area contributed by atoms with Crippen LogP contribution in [0.4, 0.5) is 5.69 Å². The molecule has 0 aromatic heterocycles. The molecule has 0 saturated carbocycles. The SMILES string of the molecule is CCCCNC(=O)C(=O)N/N=C\c1ccc(OCC(=O)Nc2cc(C)cc(C)c2)cc1. The molecule has 0 aliphatic carbocycles. The topological polar surface area (TPSA) is 109 Å². The molecule has 0 aliphatic heterocycles. The van der Waals surface area contributed by atoms with Crippen molar-refractivity contribution in [2.75, 3.05) is 18.5 Å². The van der Waals surface area contributed by atoms with Gasteiger partial charge in [-0.15, -0.1) is 0 Å². The van der Waals surface area contributed by atoms with Gasteiger partial charge in [-0.2, -0.15) is 5.10 Å². The van der Waals surface area contributed by atoms with Gasteiger partial charge in [0.05, 0.1) is 6.21 Å². The van der Waals surface area contributed by atoms with E-state index in [1.165, 1.54) is 6.21 Å². The number of ether oxygens (including phenoxy) is 1. The second kappa shape index (κ2) is 12.1. The third-order valence-electron chi connectivity index (χ3n) is 4.16. The number of hydrazone groups is 1. The van der Waals surface area contributed by atoms with Gasteiger partial charge in [-0.25, -0.2) is 5.43 Å². The number of unbranched alkanes of at least 4 members (excludes halogenated alkanes) is 1. The first kappa shape index (κ1) is 23.6. The van der Waals surface area contributed by atoms with E-state index >= 15 is 0 Å². The minimum atomic E-state index is -0.817. The minimum Gasteiger partial charge on any atom is -0.484 e. The standard InChI is InChI=1S/C23H28N4O4/c1-4-5-10-24-22(29)23(30)27-25-14-18-6-8-20(9-7-18)31-15-21(28)26-19-12-16(2)11-17(3)13-19/h6-9,11-14H,4-5,10,15H2,1-3H3,(H,24,29)(H,26,28)(H,27,30)/b25-14-. The predicted molar refractivity (Wildman–Crippen MR) is 120 cm³/mol. The van der Waals surface area contributed by atoms with Crippen LogP contribution in [0.1, 0.15) is 36.5 Å². The van der Waals surface area contributed by atoms with Crippen molar-refractivity contribution in [1.82, 2.24) is 10.7 Å². The zero-order valence-electron chi connectivity index (χ0n) is 18.0. The van der Waals surface area contributed by atoms with Crippen molar-refractivity contribution in [2.45, 2.75) is 33.6 Å². The molecular formula is C23H28N4O4. The maximum Gasteiger partial charge on any atom is 0.329 e. The average Bonchev–Trinajstić information content (AvgIpc) is 2.72. The molecule has 0 unspecified atom stereocenters. The van der Waals surface area contributed by atoms with Crippen LogP contribution in [-0.4, -0.2) is 37.1 Å². The molecule has 0 spiro atoms. The number of anilines is 1. The molecule has 2 aromatic rings. The Morgan fingerprint density at radius 1 is 1.00 bits per heavy atom. The average molecular weight is 425 g/mol. The van der Waals surface area contributed by atoms with Crippen molar-refractivity contribution in [1.29, 1.82) is 0 Å². The molecule has 2 rings (SSSR count). The maximum absolute atomic E-state index is 12.1. The van der Waals surface area contributed by atoms with Crippen LogP contribution < -0.4 is 20.8 Å². The van der Waals surface area contributed by atoms with Gasteiger partial charge in [0.1, 0.15) is 5.75 Å². The van der Waals surface area contributed by atoms with Gasteiger partial charge in [0, 0.05) is 12.2 Å². The molecule has 3 N–H and O–H groups in total. The van der Waals surface area contributed by atoms with Crippen LogP contribution >= 0.6 is 0 Å². The van der Waals surface area contributed by atoms with E-state index < -0.39 is 11.8 Å². The van der Waals surface area contributed by atoms with Crippen LogP contribution in [0.3, 0.4) is 0 Å². The summed E-state index contributed by atoms with van der Waals surface area (Å²) in [6, 6.07) is 12.6. The number of amides is 3. The summed E-state index contributed by atoms with van der Waals surface area (Å²) < 4.78 is 5.50. The van der Waals surface area contributed by atoms with Crippen LogP contribution in [0.2, 0.25) is 0 Å². The Labute approximate surface area is 182 Å². The van der Waals surface area contributed by atoms with Gasteiger partial charge in [0.15, 0.2) is 6.61 Å². The molecule has 164 valence electrons. The predicted octanol–water partition coefficient (Wildman–Crippen LogP) is 2.69. The molecule has 31 heavy (non-hydrogen) atoms. The fourth-order valence-electron chi connectivity index (χ4n) is 2.72.